The smallest absolute Gasteiger partial charge is 0.325 e. The number of hydrogen-bond donors (Lipinski definition) is 0. The summed E-state index contributed by atoms with van der Waals surface area (Å²) in [6.45, 7) is -0.281. The summed E-state index contributed by atoms with van der Waals surface area (Å²) in [6.07, 6.45) is 1.58. The summed E-state index contributed by atoms with van der Waals surface area (Å²) in [4.78, 5) is 26.7. The van der Waals surface area contributed by atoms with Gasteiger partial charge in [-0.15, -0.1) is 0 Å². The van der Waals surface area contributed by atoms with Crippen LogP contribution in [0, 0.1) is 11.3 Å². The van der Waals surface area contributed by atoms with Crippen molar-refractivity contribution in [3.8, 4) is 11.8 Å². The Kier molecular flexibility index (Phi) is 5.50. The molecule has 0 spiro atoms. The van der Waals surface area contributed by atoms with Crippen molar-refractivity contribution in [1.82, 2.24) is 9.80 Å². The Labute approximate surface area is 144 Å². The summed E-state index contributed by atoms with van der Waals surface area (Å²) in [7, 11) is 2.80. The molecule has 1 aromatic rings. The molecule has 0 aromatic heterocycles. The fourth-order valence-electron chi connectivity index (χ4n) is 2.13. The standard InChI is InChI=1S/C16H15N3O4S/c1-18-15(21)12(19(16(18)24)10-14(20)22-2)9-11-5-3-4-6-13(11)23-8-7-17/h3-6,9H,8,10H2,1-2H3. The highest BCUT2D eigenvalue weighted by molar-refractivity contribution is 7.80. The number of thiocarbonyl (C=S) groups is 1. The first-order valence-corrected chi connectivity index (χ1v) is 7.37. The van der Waals surface area contributed by atoms with E-state index < -0.39 is 5.97 Å². The quantitative estimate of drug-likeness (QED) is 0.450. The fourth-order valence-corrected chi connectivity index (χ4v) is 2.38. The Morgan fingerprint density at radius 1 is 1.42 bits per heavy atom. The molecule has 0 N–H and O–H groups in total. The topological polar surface area (TPSA) is 82.9 Å². The van der Waals surface area contributed by atoms with E-state index in [-0.39, 0.29) is 29.9 Å². The number of esters is 1. The number of carbonyl (C=O) groups excluding carboxylic acids is 2. The Morgan fingerprint density at radius 2 is 2.12 bits per heavy atom. The molecule has 1 amide bonds. The van der Waals surface area contributed by atoms with Crippen LogP contribution in [0.4, 0.5) is 0 Å². The Morgan fingerprint density at radius 3 is 2.79 bits per heavy atom. The normalized spacial score (nSPS) is 15.6. The Hall–Kier alpha value is -2.92. The molecule has 0 unspecified atom stereocenters. The van der Waals surface area contributed by atoms with Crippen LogP contribution < -0.4 is 4.74 Å². The highest BCUT2D eigenvalue weighted by atomic mass is 32.1. The molecule has 7 nitrogen and oxygen atoms in total. The lowest BCUT2D eigenvalue weighted by Gasteiger charge is -2.17. The van der Waals surface area contributed by atoms with Gasteiger partial charge in [0.1, 0.15) is 24.1 Å². The van der Waals surface area contributed by atoms with Gasteiger partial charge in [-0.2, -0.15) is 5.26 Å². The number of methoxy groups -OCH3 is 1. The van der Waals surface area contributed by atoms with Gasteiger partial charge in [-0.05, 0) is 24.4 Å². The average Bonchev–Trinajstić information content (AvgIpc) is 2.79. The Bertz CT molecular complexity index is 754. The maximum Gasteiger partial charge on any atom is 0.325 e. The first-order valence-electron chi connectivity index (χ1n) is 6.96. The lowest BCUT2D eigenvalue weighted by Crippen LogP contribution is -2.33. The van der Waals surface area contributed by atoms with Crippen LogP contribution >= 0.6 is 12.2 Å². The van der Waals surface area contributed by atoms with Crippen molar-refractivity contribution in [3.05, 3.63) is 35.5 Å². The van der Waals surface area contributed by atoms with Crippen LogP contribution in [0.3, 0.4) is 0 Å². The predicted molar refractivity (Wildman–Crippen MR) is 89.6 cm³/mol. The van der Waals surface area contributed by atoms with Gasteiger partial charge in [0.15, 0.2) is 11.7 Å². The summed E-state index contributed by atoms with van der Waals surface area (Å²) in [5.74, 6) is -0.391. The molecule has 1 aliphatic rings. The highest BCUT2D eigenvalue weighted by Crippen LogP contribution is 2.26. The molecule has 1 aromatic carbocycles. The largest absolute Gasteiger partial charge is 0.478 e. The molecule has 24 heavy (non-hydrogen) atoms. The second-order valence-electron chi connectivity index (χ2n) is 4.82. The van der Waals surface area contributed by atoms with Crippen LogP contribution in [0.25, 0.3) is 6.08 Å². The van der Waals surface area contributed by atoms with Crippen molar-refractivity contribution in [2.24, 2.45) is 0 Å². The number of amides is 1. The van der Waals surface area contributed by atoms with Crippen LogP contribution in [0.2, 0.25) is 0 Å². The molecule has 124 valence electrons. The molecule has 8 heteroatoms. The SMILES string of the molecule is COC(=O)CN1C(=S)N(C)C(=O)C1=Cc1ccccc1OCC#N. The number of benzene rings is 1. The maximum atomic E-state index is 12.4. The zero-order chi connectivity index (χ0) is 17.7. The van der Waals surface area contributed by atoms with Gasteiger partial charge in [0, 0.05) is 12.6 Å². The molecule has 0 atom stereocenters. The first kappa shape index (κ1) is 17.4. The van der Waals surface area contributed by atoms with Crippen LogP contribution in [0.15, 0.2) is 30.0 Å². The van der Waals surface area contributed by atoms with Gasteiger partial charge in [0.2, 0.25) is 0 Å². The number of nitriles is 1. The molecule has 0 bridgehead atoms. The molecular weight excluding hydrogens is 330 g/mol. The monoisotopic (exact) mass is 345 g/mol. The molecule has 0 saturated carbocycles. The van der Waals surface area contributed by atoms with E-state index >= 15 is 0 Å². The van der Waals surface area contributed by atoms with Gasteiger partial charge in [-0.1, -0.05) is 18.2 Å². The predicted octanol–water partition coefficient (Wildman–Crippen LogP) is 1.16. The van der Waals surface area contributed by atoms with Crippen molar-refractivity contribution >= 4 is 35.3 Å². The van der Waals surface area contributed by atoms with E-state index in [1.807, 2.05) is 6.07 Å². The van der Waals surface area contributed by atoms with Crippen molar-refractivity contribution in [3.63, 3.8) is 0 Å². The van der Waals surface area contributed by atoms with Gasteiger partial charge in [0.05, 0.1) is 7.11 Å². The lowest BCUT2D eigenvalue weighted by atomic mass is 10.1. The van der Waals surface area contributed by atoms with E-state index in [1.165, 1.54) is 24.0 Å². The van der Waals surface area contributed by atoms with Gasteiger partial charge >= 0.3 is 5.97 Å². The molecule has 2 rings (SSSR count). The number of carbonyl (C=O) groups is 2. The summed E-state index contributed by atoms with van der Waals surface area (Å²) >= 11 is 5.21. The van der Waals surface area contributed by atoms with Crippen molar-refractivity contribution in [2.75, 3.05) is 27.3 Å². The minimum absolute atomic E-state index is 0.113. The third-order valence-corrected chi connectivity index (χ3v) is 3.84. The van der Waals surface area contributed by atoms with E-state index in [4.69, 9.17) is 22.2 Å². The highest BCUT2D eigenvalue weighted by Gasteiger charge is 2.36. The second kappa shape index (κ2) is 7.57. The maximum absolute atomic E-state index is 12.4. The van der Waals surface area contributed by atoms with Crippen LogP contribution in [0.1, 0.15) is 5.56 Å². The zero-order valence-corrected chi connectivity index (χ0v) is 14.0. The van der Waals surface area contributed by atoms with Crippen molar-refractivity contribution < 1.29 is 19.1 Å². The molecule has 1 heterocycles. The van der Waals surface area contributed by atoms with Gasteiger partial charge in [-0.3, -0.25) is 14.5 Å². The van der Waals surface area contributed by atoms with Crippen molar-refractivity contribution in [1.29, 1.82) is 5.26 Å². The van der Waals surface area contributed by atoms with Gasteiger partial charge in [-0.25, -0.2) is 0 Å². The minimum Gasteiger partial charge on any atom is -0.478 e. The van der Waals surface area contributed by atoms with Crippen LogP contribution in [-0.2, 0) is 14.3 Å². The molecule has 1 aliphatic heterocycles. The summed E-state index contributed by atoms with van der Waals surface area (Å²) in [6, 6.07) is 8.86. The summed E-state index contributed by atoms with van der Waals surface area (Å²) < 4.78 is 10.00. The van der Waals surface area contributed by atoms with E-state index in [9.17, 15) is 9.59 Å². The number of rotatable bonds is 5. The van der Waals surface area contributed by atoms with Crippen LogP contribution in [-0.4, -0.2) is 54.1 Å². The molecule has 1 fully saturated rings. The molecule has 0 radical (unpaired) electrons. The number of nitrogens with zero attached hydrogens (tertiary/aromatic N) is 3. The van der Waals surface area contributed by atoms with E-state index in [2.05, 4.69) is 4.74 Å². The fraction of sp³-hybridized carbons (Fsp3) is 0.250. The third kappa shape index (κ3) is 3.52. The average molecular weight is 345 g/mol. The van der Waals surface area contributed by atoms with Crippen molar-refractivity contribution in [2.45, 2.75) is 0 Å². The summed E-state index contributed by atoms with van der Waals surface area (Å²) in [5, 5.41) is 8.87. The molecule has 1 saturated heterocycles. The van der Waals surface area contributed by atoms with Gasteiger partial charge < -0.3 is 14.4 Å². The van der Waals surface area contributed by atoms with E-state index in [1.54, 1.807) is 30.3 Å². The third-order valence-electron chi connectivity index (χ3n) is 3.35. The van der Waals surface area contributed by atoms with E-state index in [0.717, 1.165) is 0 Å². The minimum atomic E-state index is -0.514. The zero-order valence-electron chi connectivity index (χ0n) is 13.2. The Balaban J connectivity index is 2.42. The number of para-hydroxylation sites is 1. The van der Waals surface area contributed by atoms with Gasteiger partial charge in [0.25, 0.3) is 5.91 Å². The van der Waals surface area contributed by atoms with Crippen LogP contribution in [0.5, 0.6) is 5.75 Å². The first-order chi connectivity index (χ1) is 11.5. The second-order valence-corrected chi connectivity index (χ2v) is 5.19. The summed E-state index contributed by atoms with van der Waals surface area (Å²) in [5.41, 5.74) is 0.838. The van der Waals surface area contributed by atoms with E-state index in [0.29, 0.717) is 11.3 Å². The lowest BCUT2D eigenvalue weighted by molar-refractivity contribution is -0.140. The number of likely N-dealkylation sites (N-methyl/N-ethyl adjacent to an activating group) is 1. The number of ether oxygens (including phenoxy) is 2. The molecule has 0 aliphatic carbocycles. The molecular formula is C16H15N3O4S. The number of hydrogen-bond acceptors (Lipinski definition) is 6.